The molecule has 0 radical (unpaired) electrons. The Hall–Kier alpha value is -1.69. The lowest BCUT2D eigenvalue weighted by Gasteiger charge is -2.28. The molecule has 1 aromatic carbocycles. The summed E-state index contributed by atoms with van der Waals surface area (Å²) in [7, 11) is 0. The smallest absolute Gasteiger partial charge is 0.335 e. The van der Waals surface area contributed by atoms with E-state index in [-0.39, 0.29) is 17.3 Å². The van der Waals surface area contributed by atoms with Crippen LogP contribution in [0.4, 0.5) is 0 Å². The predicted molar refractivity (Wildman–Crippen MR) is 84.3 cm³/mol. The van der Waals surface area contributed by atoms with Crippen LogP contribution in [-0.2, 0) is 0 Å². The number of carboxylic acid groups (broad SMARTS) is 1. The molecule has 2 aromatic rings. The van der Waals surface area contributed by atoms with E-state index in [2.05, 4.69) is 11.2 Å². The van der Waals surface area contributed by atoms with Crippen molar-refractivity contribution in [3.05, 3.63) is 34.2 Å². The molecule has 1 saturated carbocycles. The summed E-state index contributed by atoms with van der Waals surface area (Å²) in [5, 5.41) is 9.63. The molecule has 6 heteroatoms. The maximum absolute atomic E-state index is 12.3. The zero-order valence-electron chi connectivity index (χ0n) is 11.8. The van der Waals surface area contributed by atoms with Gasteiger partial charge in [-0.3, -0.25) is 4.57 Å². The summed E-state index contributed by atoms with van der Waals surface area (Å²) in [4.78, 5) is 26.1. The van der Waals surface area contributed by atoms with Crippen molar-refractivity contribution in [3.8, 4) is 0 Å². The molecule has 2 atom stereocenters. The highest BCUT2D eigenvalue weighted by Crippen LogP contribution is 2.34. The standard InChI is InChI=1S/C15H18N2O3S/c1-21-11-4-2-3-10(8-11)17-13-6-5-9(14(18)19)7-12(13)16-15(17)20/h5-7,10-11H,2-4,8H2,1H3,(H,16,20)(H,18,19). The highest BCUT2D eigenvalue weighted by atomic mass is 32.2. The number of hydrogen-bond donors (Lipinski definition) is 2. The van der Waals surface area contributed by atoms with E-state index in [1.165, 1.54) is 12.5 Å². The maximum atomic E-state index is 12.3. The summed E-state index contributed by atoms with van der Waals surface area (Å²) in [6.07, 6.45) is 6.45. The van der Waals surface area contributed by atoms with Crippen LogP contribution in [0.15, 0.2) is 23.0 Å². The molecule has 1 aliphatic carbocycles. The number of H-pyrrole nitrogens is 1. The Kier molecular flexibility index (Phi) is 3.80. The van der Waals surface area contributed by atoms with Crippen LogP contribution < -0.4 is 5.69 Å². The maximum Gasteiger partial charge on any atom is 0.335 e. The first-order valence-electron chi connectivity index (χ1n) is 7.10. The lowest BCUT2D eigenvalue weighted by Crippen LogP contribution is -2.27. The van der Waals surface area contributed by atoms with Crippen molar-refractivity contribution in [1.82, 2.24) is 9.55 Å². The highest BCUT2D eigenvalue weighted by Gasteiger charge is 2.25. The minimum Gasteiger partial charge on any atom is -0.478 e. The minimum atomic E-state index is -0.981. The quantitative estimate of drug-likeness (QED) is 0.914. The number of fused-ring (bicyclic) bond motifs is 1. The number of aromatic carboxylic acids is 1. The van der Waals surface area contributed by atoms with Crippen LogP contribution in [0.1, 0.15) is 42.1 Å². The molecule has 0 aliphatic heterocycles. The zero-order chi connectivity index (χ0) is 15.0. The summed E-state index contributed by atoms with van der Waals surface area (Å²) in [5.74, 6) is -0.981. The number of carboxylic acids is 1. The Morgan fingerprint density at radius 2 is 2.24 bits per heavy atom. The topological polar surface area (TPSA) is 75.1 Å². The number of aromatic nitrogens is 2. The molecule has 0 bridgehead atoms. The number of benzene rings is 1. The van der Waals surface area contributed by atoms with Crippen LogP contribution >= 0.6 is 11.8 Å². The van der Waals surface area contributed by atoms with Gasteiger partial charge in [0.15, 0.2) is 0 Å². The number of aromatic amines is 1. The second-order valence-electron chi connectivity index (χ2n) is 5.52. The largest absolute Gasteiger partial charge is 0.478 e. The summed E-state index contributed by atoms with van der Waals surface area (Å²) in [6, 6.07) is 5.03. The Balaban J connectivity index is 2.04. The third-order valence-electron chi connectivity index (χ3n) is 4.26. The highest BCUT2D eigenvalue weighted by molar-refractivity contribution is 7.99. The minimum absolute atomic E-state index is 0.140. The predicted octanol–water partition coefficient (Wildman–Crippen LogP) is 2.87. The molecule has 112 valence electrons. The number of imidazole rings is 1. The third-order valence-corrected chi connectivity index (χ3v) is 5.36. The van der Waals surface area contributed by atoms with Crippen molar-refractivity contribution in [2.24, 2.45) is 0 Å². The second-order valence-corrected chi connectivity index (χ2v) is 6.65. The number of hydrogen-bond acceptors (Lipinski definition) is 3. The monoisotopic (exact) mass is 306 g/mol. The normalized spacial score (nSPS) is 22.5. The van der Waals surface area contributed by atoms with Gasteiger partial charge in [-0.15, -0.1) is 0 Å². The van der Waals surface area contributed by atoms with Crippen LogP contribution in [0.25, 0.3) is 11.0 Å². The molecule has 5 nitrogen and oxygen atoms in total. The Morgan fingerprint density at radius 3 is 2.95 bits per heavy atom. The van der Waals surface area contributed by atoms with Gasteiger partial charge in [0.2, 0.25) is 0 Å². The molecule has 1 aliphatic rings. The van der Waals surface area contributed by atoms with Gasteiger partial charge in [-0.1, -0.05) is 6.42 Å². The molecule has 1 heterocycles. The lowest BCUT2D eigenvalue weighted by atomic mass is 9.94. The first-order chi connectivity index (χ1) is 10.1. The number of rotatable bonds is 3. The van der Waals surface area contributed by atoms with E-state index >= 15 is 0 Å². The zero-order valence-corrected chi connectivity index (χ0v) is 12.7. The summed E-state index contributed by atoms with van der Waals surface area (Å²) in [6.45, 7) is 0. The fourth-order valence-electron chi connectivity index (χ4n) is 3.20. The fourth-order valence-corrected chi connectivity index (χ4v) is 4.01. The molecule has 2 N–H and O–H groups in total. The van der Waals surface area contributed by atoms with Gasteiger partial charge in [0.1, 0.15) is 0 Å². The Morgan fingerprint density at radius 1 is 1.43 bits per heavy atom. The van der Waals surface area contributed by atoms with Gasteiger partial charge in [-0.05, 0) is 43.7 Å². The number of nitrogens with one attached hydrogen (secondary N) is 1. The molecular formula is C15H18N2O3S. The van der Waals surface area contributed by atoms with E-state index in [9.17, 15) is 9.59 Å². The van der Waals surface area contributed by atoms with E-state index < -0.39 is 5.97 Å². The first-order valence-corrected chi connectivity index (χ1v) is 8.39. The Bertz CT molecular complexity index is 734. The number of thioether (sulfide) groups is 1. The van der Waals surface area contributed by atoms with Crippen molar-refractivity contribution in [2.75, 3.05) is 6.26 Å². The number of carbonyl (C=O) groups is 1. The van der Waals surface area contributed by atoms with Crippen molar-refractivity contribution in [2.45, 2.75) is 37.0 Å². The van der Waals surface area contributed by atoms with E-state index in [4.69, 9.17) is 5.11 Å². The van der Waals surface area contributed by atoms with Crippen molar-refractivity contribution < 1.29 is 9.90 Å². The summed E-state index contributed by atoms with van der Waals surface area (Å²) in [5.41, 5.74) is 1.46. The average molecular weight is 306 g/mol. The first kappa shape index (κ1) is 14.3. The van der Waals surface area contributed by atoms with Gasteiger partial charge in [-0.2, -0.15) is 11.8 Å². The molecular weight excluding hydrogens is 288 g/mol. The molecule has 21 heavy (non-hydrogen) atoms. The molecule has 0 amide bonds. The molecule has 0 saturated heterocycles. The van der Waals surface area contributed by atoms with Crippen molar-refractivity contribution in [1.29, 1.82) is 0 Å². The SMILES string of the molecule is CSC1CCCC(n2c(=O)[nH]c3cc(C(=O)O)ccc32)C1. The molecule has 1 aromatic heterocycles. The molecule has 0 spiro atoms. The number of nitrogens with zero attached hydrogens (tertiary/aromatic N) is 1. The summed E-state index contributed by atoms with van der Waals surface area (Å²) < 4.78 is 1.81. The molecule has 3 rings (SSSR count). The second kappa shape index (κ2) is 5.60. The van der Waals surface area contributed by atoms with E-state index in [1.807, 2.05) is 16.3 Å². The van der Waals surface area contributed by atoms with Gasteiger partial charge < -0.3 is 10.1 Å². The Labute approximate surface area is 126 Å². The van der Waals surface area contributed by atoms with Crippen LogP contribution in [-0.4, -0.2) is 32.1 Å². The van der Waals surface area contributed by atoms with Crippen LogP contribution in [0.3, 0.4) is 0 Å². The van der Waals surface area contributed by atoms with Gasteiger partial charge in [0.05, 0.1) is 16.6 Å². The fraction of sp³-hybridized carbons (Fsp3) is 0.467. The van der Waals surface area contributed by atoms with Crippen LogP contribution in [0.2, 0.25) is 0 Å². The average Bonchev–Trinajstić information content (AvgIpc) is 2.82. The lowest BCUT2D eigenvalue weighted by molar-refractivity contribution is 0.0697. The van der Waals surface area contributed by atoms with Gasteiger partial charge in [-0.25, -0.2) is 9.59 Å². The third kappa shape index (κ3) is 2.60. The van der Waals surface area contributed by atoms with Crippen LogP contribution in [0, 0.1) is 0 Å². The van der Waals surface area contributed by atoms with E-state index in [1.54, 1.807) is 12.1 Å². The van der Waals surface area contributed by atoms with Gasteiger partial charge >= 0.3 is 11.7 Å². The van der Waals surface area contributed by atoms with Gasteiger partial charge in [0, 0.05) is 11.3 Å². The van der Waals surface area contributed by atoms with E-state index in [0.29, 0.717) is 10.8 Å². The van der Waals surface area contributed by atoms with Crippen LogP contribution in [0.5, 0.6) is 0 Å². The molecule has 1 fully saturated rings. The molecule has 2 unspecified atom stereocenters. The summed E-state index contributed by atoms with van der Waals surface area (Å²) >= 11 is 1.86. The van der Waals surface area contributed by atoms with Crippen molar-refractivity contribution in [3.63, 3.8) is 0 Å². The van der Waals surface area contributed by atoms with Gasteiger partial charge in [0.25, 0.3) is 0 Å². The van der Waals surface area contributed by atoms with E-state index in [0.717, 1.165) is 24.8 Å². The van der Waals surface area contributed by atoms with Crippen molar-refractivity contribution >= 4 is 28.8 Å².